The molecule has 0 saturated heterocycles. The molecule has 1 aromatic heterocycles. The molecule has 1 fully saturated rings. The molecule has 2 nitrogen and oxygen atoms in total. The van der Waals surface area contributed by atoms with Gasteiger partial charge in [-0.3, -0.25) is 0 Å². The van der Waals surface area contributed by atoms with Crippen molar-refractivity contribution in [2.75, 3.05) is 12.3 Å². The predicted molar refractivity (Wildman–Crippen MR) is 200 cm³/mol. The summed E-state index contributed by atoms with van der Waals surface area (Å²) in [6.07, 6.45) is 20.6. The van der Waals surface area contributed by atoms with E-state index < -0.39 is 7.81 Å². The van der Waals surface area contributed by atoms with Crippen molar-refractivity contribution in [2.45, 2.75) is 26.3 Å². The summed E-state index contributed by atoms with van der Waals surface area (Å²) in [5, 5.41) is 5.89. The first-order chi connectivity index (χ1) is 23.3. The van der Waals surface area contributed by atoms with Gasteiger partial charge in [0.25, 0.3) is 0 Å². The normalized spacial score (nSPS) is 13.6. The Hall–Kier alpha value is -2.42. The summed E-state index contributed by atoms with van der Waals surface area (Å²) in [6.45, 7) is 3.30. The molecule has 0 bridgehead atoms. The minimum absolute atomic E-state index is 0. The van der Waals surface area contributed by atoms with Crippen LogP contribution >= 0.6 is 23.7 Å². The van der Waals surface area contributed by atoms with E-state index in [9.17, 15) is 25.2 Å². The van der Waals surface area contributed by atoms with Crippen molar-refractivity contribution in [3.05, 3.63) is 172 Å². The quantitative estimate of drug-likeness (QED) is 0.0779. The number of aryl methyl sites for hydroxylation is 1. The number of unbranched alkanes of at least 4 members (excludes halogenated alkanes) is 1. The van der Waals surface area contributed by atoms with Gasteiger partial charge >= 0.3 is 52.5 Å². The third-order valence-corrected chi connectivity index (χ3v) is 12.1. The van der Waals surface area contributed by atoms with Crippen LogP contribution in [0.4, 0.5) is 25.2 Å². The minimum Gasteiger partial charge on any atom is -0.0622 e. The van der Waals surface area contributed by atoms with E-state index >= 15 is 0 Å². The fourth-order valence-electron chi connectivity index (χ4n) is 4.53. The first-order valence-electron chi connectivity index (χ1n) is 15.7. The molecule has 12 heteroatoms. The number of aromatic nitrogens is 2. The molecule has 5 radical (unpaired) electrons. The van der Waals surface area contributed by atoms with Crippen LogP contribution < -0.4 is 21.2 Å². The monoisotopic (exact) mass is 834 g/mol. The Labute approximate surface area is 308 Å². The Morgan fingerprint density at radius 3 is 1.08 bits per heavy atom. The van der Waals surface area contributed by atoms with Gasteiger partial charge in [0, 0.05) is 18.9 Å². The molecule has 1 aliphatic rings. The second kappa shape index (κ2) is 21.2. The van der Waals surface area contributed by atoms with Crippen molar-refractivity contribution in [3.8, 4) is 0 Å². The van der Waals surface area contributed by atoms with Crippen molar-refractivity contribution < 1.29 is 44.7 Å². The predicted octanol–water partition coefficient (Wildman–Crippen LogP) is 11.3. The molecular weight excluding hydrogens is 792 g/mol. The average Bonchev–Trinajstić information content (AvgIpc) is 3.85. The van der Waals surface area contributed by atoms with E-state index in [-0.39, 0.29) is 35.3 Å². The Bertz CT molecular complexity index is 1380. The second-order valence-corrected chi connectivity index (χ2v) is 17.3. The molecule has 267 valence electrons. The van der Waals surface area contributed by atoms with Crippen LogP contribution in [0.15, 0.2) is 140 Å². The van der Waals surface area contributed by atoms with Crippen molar-refractivity contribution >= 4 is 44.9 Å². The summed E-state index contributed by atoms with van der Waals surface area (Å²) >= 11 is 0. The van der Waals surface area contributed by atoms with Crippen molar-refractivity contribution in [1.82, 2.24) is 9.55 Å². The third-order valence-electron chi connectivity index (χ3n) is 6.70. The summed E-state index contributed by atoms with van der Waals surface area (Å²) in [5.74, 6) is 0. The van der Waals surface area contributed by atoms with Gasteiger partial charge in [-0.2, -0.15) is 0 Å². The number of imidazole rings is 1. The van der Waals surface area contributed by atoms with Gasteiger partial charge in [-0.05, 0) is 87.9 Å². The van der Waals surface area contributed by atoms with E-state index in [4.69, 9.17) is 0 Å². The first-order valence-corrected chi connectivity index (χ1v) is 20.8. The molecule has 0 spiro atoms. The maximum atomic E-state index is 9.87. The molecule has 1 heterocycles. The molecule has 0 aliphatic heterocycles. The summed E-state index contributed by atoms with van der Waals surface area (Å²) < 4.78 is 61.3. The van der Waals surface area contributed by atoms with Crippen molar-refractivity contribution in [3.63, 3.8) is 0 Å². The molecular formula is C38H41F6N2P3Ru+. The number of hydrogen-bond acceptors (Lipinski definition) is 1. The van der Waals surface area contributed by atoms with Crippen molar-refractivity contribution in [2.24, 2.45) is 0 Å². The average molecular weight is 834 g/mol. The number of nitrogens with zero attached hydrogens (tertiary/aromatic N) is 2. The zero-order chi connectivity index (χ0) is 35.5. The van der Waals surface area contributed by atoms with E-state index in [2.05, 4.69) is 138 Å². The first kappa shape index (κ1) is 43.7. The van der Waals surface area contributed by atoms with Gasteiger partial charge < -0.3 is 4.57 Å². The van der Waals surface area contributed by atoms with E-state index in [0.717, 1.165) is 6.54 Å². The van der Waals surface area contributed by atoms with Crippen LogP contribution in [0.2, 0.25) is 0 Å². The SMILES string of the molecule is CCCCn1ccnc1.F[P-](F)(F)(F)(F)F.[CH]1[CH][CH][CH][CH]1.[Ru+2].c1ccc(P(CCP(c2ccccc2)c2ccccc2)c2ccccc2)cc1. The van der Waals surface area contributed by atoms with Crippen LogP contribution in [0.3, 0.4) is 0 Å². The Morgan fingerprint density at radius 1 is 0.540 bits per heavy atom. The van der Waals surface area contributed by atoms with Crippen LogP contribution in [0.5, 0.6) is 0 Å². The molecule has 0 amide bonds. The molecule has 1 aliphatic carbocycles. The van der Waals surface area contributed by atoms with E-state index in [1.54, 1.807) is 0 Å². The zero-order valence-electron chi connectivity index (χ0n) is 27.6. The topological polar surface area (TPSA) is 17.8 Å². The summed E-state index contributed by atoms with van der Waals surface area (Å²) in [6, 6.07) is 44.2. The molecule has 0 N–H and O–H groups in total. The molecule has 0 unspecified atom stereocenters. The summed E-state index contributed by atoms with van der Waals surface area (Å²) in [7, 11) is -11.4. The van der Waals surface area contributed by atoms with E-state index in [0.29, 0.717) is 0 Å². The van der Waals surface area contributed by atoms with Gasteiger partial charge in [-0.15, -0.1) is 0 Å². The maximum Gasteiger partial charge on any atom is 2.00 e. The molecule has 50 heavy (non-hydrogen) atoms. The molecule has 5 aromatic rings. The molecule has 6 rings (SSSR count). The molecule has 1 saturated carbocycles. The number of rotatable bonds is 10. The number of benzene rings is 4. The standard InChI is InChI=1S/C26H24P2.C7H12N2.C5H5.F6P.Ru/c1-5-13-23(14-6-1)27(24-15-7-2-8-16-24)21-22-28(25-17-9-3-10-18-25)26-19-11-4-12-20-26;1-2-3-5-9-6-4-8-7-9;1-2-4-5-3-1;1-7(2,3,4,5)6;/h1-20H,21-22H2;4,6-7H,2-3,5H2,1H3;1-5H;;/q;;;-1;+2. The fourth-order valence-corrected chi connectivity index (χ4v) is 9.88. The minimum atomic E-state index is -10.7. The van der Waals surface area contributed by atoms with Gasteiger partial charge in [0.05, 0.1) is 6.33 Å². The van der Waals surface area contributed by atoms with Crippen LogP contribution in [-0.4, -0.2) is 21.9 Å². The smallest absolute Gasteiger partial charge is 0.0622 e. The van der Waals surface area contributed by atoms with E-state index in [1.807, 2.05) is 50.8 Å². The summed E-state index contributed by atoms with van der Waals surface area (Å²) in [4.78, 5) is 3.94. The third kappa shape index (κ3) is 20.4. The van der Waals surface area contributed by atoms with Crippen LogP contribution in [0.25, 0.3) is 0 Å². The maximum absolute atomic E-state index is 10.7. The second-order valence-electron chi connectivity index (χ2n) is 10.7. The van der Waals surface area contributed by atoms with Gasteiger partial charge in [0.2, 0.25) is 0 Å². The van der Waals surface area contributed by atoms with Gasteiger partial charge in [-0.25, -0.2) is 4.98 Å². The van der Waals surface area contributed by atoms with Crippen LogP contribution in [-0.2, 0) is 26.0 Å². The van der Waals surface area contributed by atoms with Crippen molar-refractivity contribution in [1.29, 1.82) is 0 Å². The van der Waals surface area contributed by atoms with Crippen LogP contribution in [0, 0.1) is 32.1 Å². The largest absolute Gasteiger partial charge is 2.00 e. The van der Waals surface area contributed by atoms with E-state index in [1.165, 1.54) is 46.4 Å². The molecule has 0 atom stereocenters. The van der Waals surface area contributed by atoms with Gasteiger partial charge in [-0.1, -0.05) is 135 Å². The summed E-state index contributed by atoms with van der Waals surface area (Å²) in [5.41, 5.74) is 0. The molecule has 4 aromatic carbocycles. The van der Waals surface area contributed by atoms with Crippen LogP contribution in [0.1, 0.15) is 19.8 Å². The fraction of sp³-hybridized carbons (Fsp3) is 0.158. The number of hydrogen-bond donors (Lipinski definition) is 0. The van der Waals surface area contributed by atoms with Gasteiger partial charge in [0.1, 0.15) is 0 Å². The Morgan fingerprint density at radius 2 is 0.840 bits per heavy atom. The number of halogens is 6. The Balaban J connectivity index is 0.000000319. The van der Waals surface area contributed by atoms with Gasteiger partial charge in [0.15, 0.2) is 0 Å². The zero-order valence-corrected chi connectivity index (χ0v) is 32.0. The Kier molecular flexibility index (Phi) is 18.5.